The van der Waals surface area contributed by atoms with Gasteiger partial charge >= 0.3 is 5.97 Å². The van der Waals surface area contributed by atoms with E-state index in [0.717, 1.165) is 22.3 Å². The summed E-state index contributed by atoms with van der Waals surface area (Å²) in [4.78, 5) is 11.7. The molecular weight excluding hydrogens is 252 g/mol. The first kappa shape index (κ1) is 12.4. The van der Waals surface area contributed by atoms with Gasteiger partial charge in [-0.15, -0.1) is 0 Å². The second kappa shape index (κ2) is 4.81. The van der Waals surface area contributed by atoms with Crippen LogP contribution in [0.4, 0.5) is 0 Å². The van der Waals surface area contributed by atoms with Crippen LogP contribution in [-0.4, -0.2) is 22.7 Å². The van der Waals surface area contributed by atoms with Gasteiger partial charge in [0.25, 0.3) is 0 Å². The third kappa shape index (κ3) is 1.95. The van der Waals surface area contributed by atoms with Gasteiger partial charge in [0.15, 0.2) is 5.69 Å². The lowest BCUT2D eigenvalue weighted by Gasteiger charge is -2.06. The van der Waals surface area contributed by atoms with E-state index >= 15 is 0 Å². The lowest BCUT2D eigenvalue weighted by molar-refractivity contribution is 0.0591. The molecule has 0 saturated heterocycles. The fraction of sp³-hybridized carbons (Fsp3) is 0.125. The number of aryl methyl sites for hydroxylation is 1. The van der Waals surface area contributed by atoms with E-state index in [2.05, 4.69) is 5.10 Å². The first-order valence-corrected chi connectivity index (χ1v) is 6.34. The van der Waals surface area contributed by atoms with Gasteiger partial charge in [0.05, 0.1) is 18.3 Å². The van der Waals surface area contributed by atoms with E-state index in [1.807, 2.05) is 49.4 Å². The lowest BCUT2D eigenvalue weighted by atomic mass is 10.1. The molecule has 3 rings (SSSR count). The molecule has 0 aliphatic carbocycles. The van der Waals surface area contributed by atoms with Crippen molar-refractivity contribution in [2.45, 2.75) is 6.92 Å². The predicted octanol–water partition coefficient (Wildman–Crippen LogP) is 3.10. The number of hydrogen-bond donors (Lipinski definition) is 0. The summed E-state index contributed by atoms with van der Waals surface area (Å²) in [5.41, 5.74) is 4.32. The van der Waals surface area contributed by atoms with Crippen LogP contribution in [0.15, 0.2) is 48.5 Å². The zero-order valence-electron chi connectivity index (χ0n) is 11.3. The molecule has 0 saturated carbocycles. The van der Waals surface area contributed by atoms with Crippen LogP contribution in [0, 0.1) is 6.92 Å². The number of nitrogens with zero attached hydrogens (tertiary/aromatic N) is 2. The second-order valence-corrected chi connectivity index (χ2v) is 4.58. The fourth-order valence-electron chi connectivity index (χ4n) is 2.25. The second-order valence-electron chi connectivity index (χ2n) is 4.58. The Bertz CT molecular complexity index is 790. The molecule has 0 spiro atoms. The smallest absolute Gasteiger partial charge is 0.356 e. The van der Waals surface area contributed by atoms with E-state index in [1.165, 1.54) is 7.11 Å². The number of methoxy groups -OCH3 is 1. The maximum atomic E-state index is 11.7. The maximum Gasteiger partial charge on any atom is 0.356 e. The van der Waals surface area contributed by atoms with Crippen LogP contribution >= 0.6 is 0 Å². The molecule has 0 N–H and O–H groups in total. The average Bonchev–Trinajstić information content (AvgIpc) is 2.90. The molecule has 100 valence electrons. The zero-order valence-corrected chi connectivity index (χ0v) is 11.3. The SMILES string of the molecule is COC(=O)c1ccc2ccc(-c3ccccc3C)nn12. The standard InChI is InChI=1S/C16H14N2O2/c1-11-5-3-4-6-13(11)14-9-7-12-8-10-15(16(19)20-2)18(12)17-14/h3-10H,1-2H3. The summed E-state index contributed by atoms with van der Waals surface area (Å²) in [5, 5.41) is 4.55. The topological polar surface area (TPSA) is 43.6 Å². The number of carbonyl (C=O) groups is 1. The molecule has 4 heteroatoms. The van der Waals surface area contributed by atoms with Crippen LogP contribution < -0.4 is 0 Å². The molecule has 0 aliphatic rings. The molecule has 4 nitrogen and oxygen atoms in total. The molecule has 0 radical (unpaired) electrons. The fourth-order valence-corrected chi connectivity index (χ4v) is 2.25. The Labute approximate surface area is 116 Å². The van der Waals surface area contributed by atoms with E-state index in [0.29, 0.717) is 5.69 Å². The van der Waals surface area contributed by atoms with Crippen molar-refractivity contribution in [2.75, 3.05) is 7.11 Å². The highest BCUT2D eigenvalue weighted by Gasteiger charge is 2.13. The Morgan fingerprint density at radius 1 is 1.10 bits per heavy atom. The lowest BCUT2D eigenvalue weighted by Crippen LogP contribution is -2.07. The van der Waals surface area contributed by atoms with Crippen molar-refractivity contribution in [3.05, 3.63) is 59.8 Å². The summed E-state index contributed by atoms with van der Waals surface area (Å²) in [6, 6.07) is 15.5. The number of fused-ring (bicyclic) bond motifs is 1. The number of rotatable bonds is 2. The quantitative estimate of drug-likeness (QED) is 0.669. The van der Waals surface area contributed by atoms with E-state index in [-0.39, 0.29) is 5.97 Å². The minimum absolute atomic E-state index is 0.389. The van der Waals surface area contributed by atoms with Crippen molar-refractivity contribution >= 4 is 11.5 Å². The van der Waals surface area contributed by atoms with Crippen molar-refractivity contribution in [1.29, 1.82) is 0 Å². The Balaban J connectivity index is 2.19. The number of ether oxygens (including phenoxy) is 1. The first-order chi connectivity index (χ1) is 9.70. The van der Waals surface area contributed by atoms with E-state index in [4.69, 9.17) is 4.74 Å². The van der Waals surface area contributed by atoms with Gasteiger partial charge in [0.2, 0.25) is 0 Å². The van der Waals surface area contributed by atoms with Crippen LogP contribution in [0.5, 0.6) is 0 Å². The third-order valence-electron chi connectivity index (χ3n) is 3.32. The molecule has 1 aromatic carbocycles. The molecule has 20 heavy (non-hydrogen) atoms. The molecular formula is C16H14N2O2. The summed E-state index contributed by atoms with van der Waals surface area (Å²) in [5.74, 6) is -0.389. The summed E-state index contributed by atoms with van der Waals surface area (Å²) >= 11 is 0. The molecule has 0 atom stereocenters. The van der Waals surface area contributed by atoms with E-state index < -0.39 is 0 Å². The van der Waals surface area contributed by atoms with E-state index in [1.54, 1.807) is 10.6 Å². The van der Waals surface area contributed by atoms with Gasteiger partial charge < -0.3 is 4.74 Å². The molecule has 0 aliphatic heterocycles. The molecule has 3 aromatic rings. The van der Waals surface area contributed by atoms with Crippen LogP contribution in [0.1, 0.15) is 16.1 Å². The van der Waals surface area contributed by atoms with Gasteiger partial charge in [-0.3, -0.25) is 0 Å². The van der Waals surface area contributed by atoms with Crippen molar-refractivity contribution in [2.24, 2.45) is 0 Å². The van der Waals surface area contributed by atoms with Crippen LogP contribution in [0.2, 0.25) is 0 Å². The normalized spacial score (nSPS) is 10.7. The summed E-state index contributed by atoms with van der Waals surface area (Å²) in [6.45, 7) is 2.04. The van der Waals surface area contributed by atoms with Gasteiger partial charge in [-0.2, -0.15) is 5.10 Å². The monoisotopic (exact) mass is 266 g/mol. The number of hydrogen-bond acceptors (Lipinski definition) is 3. The highest BCUT2D eigenvalue weighted by molar-refractivity contribution is 5.89. The van der Waals surface area contributed by atoms with Crippen LogP contribution in [0.25, 0.3) is 16.8 Å². The molecule has 0 bridgehead atoms. The number of carbonyl (C=O) groups excluding carboxylic acids is 1. The molecule has 2 aromatic heterocycles. The number of esters is 1. The third-order valence-corrected chi connectivity index (χ3v) is 3.32. The minimum atomic E-state index is -0.389. The molecule has 0 amide bonds. The van der Waals surface area contributed by atoms with Crippen molar-refractivity contribution < 1.29 is 9.53 Å². The average molecular weight is 266 g/mol. The molecule has 2 heterocycles. The Kier molecular flexibility index (Phi) is 2.99. The van der Waals surface area contributed by atoms with Crippen molar-refractivity contribution in [3.63, 3.8) is 0 Å². The highest BCUT2D eigenvalue weighted by atomic mass is 16.5. The predicted molar refractivity (Wildman–Crippen MR) is 76.7 cm³/mol. The largest absolute Gasteiger partial charge is 0.464 e. The minimum Gasteiger partial charge on any atom is -0.464 e. The Morgan fingerprint density at radius 3 is 2.60 bits per heavy atom. The van der Waals surface area contributed by atoms with Gasteiger partial charge in [-0.1, -0.05) is 24.3 Å². The Hall–Kier alpha value is -2.62. The maximum absolute atomic E-state index is 11.7. The number of benzene rings is 1. The summed E-state index contributed by atoms with van der Waals surface area (Å²) in [7, 11) is 1.37. The van der Waals surface area contributed by atoms with Crippen LogP contribution in [-0.2, 0) is 4.74 Å². The van der Waals surface area contributed by atoms with Crippen molar-refractivity contribution in [1.82, 2.24) is 9.61 Å². The van der Waals surface area contributed by atoms with Gasteiger partial charge in [0, 0.05) is 5.56 Å². The molecule has 0 unspecified atom stereocenters. The van der Waals surface area contributed by atoms with Crippen LogP contribution in [0.3, 0.4) is 0 Å². The number of aromatic nitrogens is 2. The molecule has 0 fully saturated rings. The van der Waals surface area contributed by atoms with Gasteiger partial charge in [-0.25, -0.2) is 9.31 Å². The highest BCUT2D eigenvalue weighted by Crippen LogP contribution is 2.22. The summed E-state index contributed by atoms with van der Waals surface area (Å²) in [6.07, 6.45) is 0. The van der Waals surface area contributed by atoms with Gasteiger partial charge in [0.1, 0.15) is 0 Å². The van der Waals surface area contributed by atoms with Crippen molar-refractivity contribution in [3.8, 4) is 11.3 Å². The van der Waals surface area contributed by atoms with Gasteiger partial charge in [-0.05, 0) is 36.8 Å². The summed E-state index contributed by atoms with van der Waals surface area (Å²) < 4.78 is 6.39. The Morgan fingerprint density at radius 2 is 1.85 bits per heavy atom. The first-order valence-electron chi connectivity index (χ1n) is 6.34. The zero-order chi connectivity index (χ0) is 14.1. The van der Waals surface area contributed by atoms with E-state index in [9.17, 15) is 4.79 Å².